The molecule has 0 fully saturated rings. The molecule has 1 aromatic heterocycles. The highest BCUT2D eigenvalue weighted by atomic mass is 32.1. The van der Waals surface area contributed by atoms with E-state index in [0.29, 0.717) is 0 Å². The van der Waals surface area contributed by atoms with Crippen molar-refractivity contribution in [1.29, 1.82) is 0 Å². The molecule has 1 heteroatoms. The van der Waals surface area contributed by atoms with E-state index in [1.54, 1.807) is 10.4 Å². The Morgan fingerprint density at radius 1 is 1.53 bits per heavy atom. The molecule has 0 amide bonds. The summed E-state index contributed by atoms with van der Waals surface area (Å²) in [5.74, 6) is 1.55. The van der Waals surface area contributed by atoms with Crippen LogP contribution in [-0.2, 0) is 6.42 Å². The first kappa shape index (κ1) is 10.9. The molecule has 2 atom stereocenters. The van der Waals surface area contributed by atoms with E-state index >= 15 is 0 Å². The minimum Gasteiger partial charge on any atom is -0.141 e. The summed E-state index contributed by atoms with van der Waals surface area (Å²) in [5.41, 5.74) is 1.58. The molecule has 2 unspecified atom stereocenters. The van der Waals surface area contributed by atoms with Gasteiger partial charge in [0.2, 0.25) is 0 Å². The average Bonchev–Trinajstić information content (AvgIpc) is 2.62. The van der Waals surface area contributed by atoms with Crippen molar-refractivity contribution < 1.29 is 0 Å². The van der Waals surface area contributed by atoms with Gasteiger partial charge in [-0.05, 0) is 42.4 Å². The van der Waals surface area contributed by atoms with E-state index in [-0.39, 0.29) is 0 Å². The minimum absolute atomic E-state index is 0.729. The van der Waals surface area contributed by atoms with Crippen molar-refractivity contribution in [1.82, 2.24) is 0 Å². The lowest BCUT2D eigenvalue weighted by Gasteiger charge is -2.12. The fourth-order valence-corrected chi connectivity index (χ4v) is 3.46. The maximum atomic E-state index is 2.44. The fraction of sp³-hybridized carbons (Fsp3) is 0.571. The molecule has 0 aromatic carbocycles. The quantitative estimate of drug-likeness (QED) is 0.682. The monoisotopic (exact) mass is 220 g/mol. The number of allylic oxidation sites excluding steroid dienone is 1. The maximum absolute atomic E-state index is 2.44. The molecule has 0 saturated carbocycles. The standard InChI is InChI=1S/C14H20S/c1-4-10(2)8-12-9-13-11(3)6-5-7-14(13)15-12/h5,7,9-11H,4,6,8H2,1-3H3. The fourth-order valence-electron chi connectivity index (χ4n) is 2.08. The van der Waals surface area contributed by atoms with Crippen LogP contribution in [0.5, 0.6) is 0 Å². The second kappa shape index (κ2) is 4.52. The van der Waals surface area contributed by atoms with Gasteiger partial charge in [0.1, 0.15) is 0 Å². The normalized spacial score (nSPS) is 21.4. The second-order valence-corrected chi connectivity index (χ2v) is 5.96. The Balaban J connectivity index is 2.19. The summed E-state index contributed by atoms with van der Waals surface area (Å²) in [6.45, 7) is 6.96. The molecule has 0 radical (unpaired) electrons. The predicted octanol–water partition coefficient (Wildman–Crippen LogP) is 4.86. The minimum atomic E-state index is 0.729. The van der Waals surface area contributed by atoms with Crippen molar-refractivity contribution in [2.75, 3.05) is 0 Å². The molecule has 0 aliphatic heterocycles. The van der Waals surface area contributed by atoms with Gasteiger partial charge >= 0.3 is 0 Å². The average molecular weight is 220 g/mol. The summed E-state index contributed by atoms with van der Waals surface area (Å²) in [7, 11) is 0. The van der Waals surface area contributed by atoms with E-state index in [2.05, 4.69) is 39.0 Å². The Kier molecular flexibility index (Phi) is 3.30. The van der Waals surface area contributed by atoms with Crippen molar-refractivity contribution in [3.63, 3.8) is 0 Å². The molecule has 0 saturated heterocycles. The van der Waals surface area contributed by atoms with Gasteiger partial charge in [0, 0.05) is 9.75 Å². The van der Waals surface area contributed by atoms with E-state index in [0.717, 1.165) is 11.8 Å². The van der Waals surface area contributed by atoms with Gasteiger partial charge in [-0.25, -0.2) is 0 Å². The lowest BCUT2D eigenvalue weighted by molar-refractivity contribution is 0.564. The number of thiophene rings is 1. The lowest BCUT2D eigenvalue weighted by atomic mass is 9.93. The van der Waals surface area contributed by atoms with Gasteiger partial charge in [-0.3, -0.25) is 0 Å². The molecule has 1 aliphatic rings. The van der Waals surface area contributed by atoms with Crippen LogP contribution in [0, 0.1) is 5.92 Å². The van der Waals surface area contributed by atoms with Crippen LogP contribution >= 0.6 is 11.3 Å². The van der Waals surface area contributed by atoms with Crippen LogP contribution < -0.4 is 0 Å². The van der Waals surface area contributed by atoms with Gasteiger partial charge in [-0.15, -0.1) is 11.3 Å². The lowest BCUT2D eigenvalue weighted by Crippen LogP contribution is -1.96. The number of hydrogen-bond donors (Lipinski definition) is 0. The first-order valence-electron chi connectivity index (χ1n) is 5.99. The second-order valence-electron chi connectivity index (χ2n) is 4.79. The van der Waals surface area contributed by atoms with Crippen LogP contribution in [0.1, 0.15) is 54.8 Å². The first-order valence-corrected chi connectivity index (χ1v) is 6.81. The molecular weight excluding hydrogens is 200 g/mol. The summed E-state index contributed by atoms with van der Waals surface area (Å²) in [6, 6.07) is 2.44. The van der Waals surface area contributed by atoms with Gasteiger partial charge < -0.3 is 0 Å². The first-order chi connectivity index (χ1) is 7.20. The highest BCUT2D eigenvalue weighted by Crippen LogP contribution is 2.36. The molecule has 1 aliphatic carbocycles. The summed E-state index contributed by atoms with van der Waals surface area (Å²) < 4.78 is 0. The molecule has 1 heterocycles. The van der Waals surface area contributed by atoms with E-state index in [9.17, 15) is 0 Å². The summed E-state index contributed by atoms with van der Waals surface area (Å²) in [5, 5.41) is 0. The number of rotatable bonds is 3. The molecule has 0 nitrogen and oxygen atoms in total. The molecule has 2 rings (SSSR count). The molecule has 0 bridgehead atoms. The van der Waals surface area contributed by atoms with Gasteiger partial charge in [0.05, 0.1) is 0 Å². The van der Waals surface area contributed by atoms with Crippen molar-refractivity contribution >= 4 is 17.4 Å². The van der Waals surface area contributed by atoms with E-state index < -0.39 is 0 Å². The molecule has 0 N–H and O–H groups in total. The van der Waals surface area contributed by atoms with Crippen LogP contribution in [0.2, 0.25) is 0 Å². The van der Waals surface area contributed by atoms with E-state index in [1.165, 1.54) is 24.1 Å². The van der Waals surface area contributed by atoms with Crippen molar-refractivity contribution in [3.8, 4) is 0 Å². The topological polar surface area (TPSA) is 0 Å². The SMILES string of the molecule is CCC(C)Cc1cc2c(s1)C=CCC2C. The highest BCUT2D eigenvalue weighted by molar-refractivity contribution is 7.13. The molecule has 82 valence electrons. The van der Waals surface area contributed by atoms with Crippen molar-refractivity contribution in [3.05, 3.63) is 27.5 Å². The Labute approximate surface area is 97.0 Å². The van der Waals surface area contributed by atoms with Gasteiger partial charge in [-0.2, -0.15) is 0 Å². The summed E-state index contributed by atoms with van der Waals surface area (Å²) in [6.07, 6.45) is 8.38. The maximum Gasteiger partial charge on any atom is 0.0304 e. The Morgan fingerprint density at radius 3 is 3.00 bits per heavy atom. The van der Waals surface area contributed by atoms with Crippen LogP contribution in [0.4, 0.5) is 0 Å². The summed E-state index contributed by atoms with van der Waals surface area (Å²) in [4.78, 5) is 3.08. The zero-order valence-corrected chi connectivity index (χ0v) is 10.7. The smallest absolute Gasteiger partial charge is 0.0304 e. The van der Waals surface area contributed by atoms with Crippen molar-refractivity contribution in [2.24, 2.45) is 5.92 Å². The Bertz CT molecular complexity index is 359. The van der Waals surface area contributed by atoms with E-state index in [4.69, 9.17) is 0 Å². The third kappa shape index (κ3) is 2.34. The largest absolute Gasteiger partial charge is 0.141 e. The van der Waals surface area contributed by atoms with Crippen molar-refractivity contribution in [2.45, 2.75) is 46.0 Å². The Morgan fingerprint density at radius 2 is 2.33 bits per heavy atom. The van der Waals surface area contributed by atoms with Gasteiger partial charge in [0.25, 0.3) is 0 Å². The molecule has 0 spiro atoms. The van der Waals surface area contributed by atoms with Gasteiger partial charge in [-0.1, -0.05) is 33.3 Å². The zero-order chi connectivity index (χ0) is 10.8. The van der Waals surface area contributed by atoms with Crippen LogP contribution in [0.15, 0.2) is 12.1 Å². The van der Waals surface area contributed by atoms with E-state index in [1.807, 2.05) is 11.3 Å². The molecule has 1 aromatic rings. The van der Waals surface area contributed by atoms with Crippen LogP contribution in [0.3, 0.4) is 0 Å². The summed E-state index contributed by atoms with van der Waals surface area (Å²) >= 11 is 2.00. The number of hydrogen-bond acceptors (Lipinski definition) is 1. The zero-order valence-electron chi connectivity index (χ0n) is 9.92. The third-order valence-corrected chi connectivity index (χ3v) is 4.52. The third-order valence-electron chi connectivity index (χ3n) is 3.38. The van der Waals surface area contributed by atoms with Crippen LogP contribution in [0.25, 0.3) is 6.08 Å². The molecule has 15 heavy (non-hydrogen) atoms. The highest BCUT2D eigenvalue weighted by Gasteiger charge is 2.16. The number of fused-ring (bicyclic) bond motifs is 1. The van der Waals surface area contributed by atoms with Gasteiger partial charge in [0.15, 0.2) is 0 Å². The molecular formula is C14H20S. The van der Waals surface area contributed by atoms with Crippen LogP contribution in [-0.4, -0.2) is 0 Å². The Hall–Kier alpha value is -0.560. The predicted molar refractivity (Wildman–Crippen MR) is 69.5 cm³/mol.